The van der Waals surface area contributed by atoms with E-state index in [1.807, 2.05) is 0 Å². The van der Waals surface area contributed by atoms with E-state index in [-0.39, 0.29) is 29.4 Å². The SMILES string of the molecule is O=C(O)c1cn(CCCF)c2c(OC(F)(F)F)cccc12. The molecule has 0 saturated carbocycles. The van der Waals surface area contributed by atoms with Crippen LogP contribution in [0, 0.1) is 0 Å². The summed E-state index contributed by atoms with van der Waals surface area (Å²) in [5, 5.41) is 9.21. The van der Waals surface area contributed by atoms with Gasteiger partial charge < -0.3 is 14.4 Å². The Balaban J connectivity index is 2.61. The maximum absolute atomic E-state index is 12.4. The van der Waals surface area contributed by atoms with E-state index in [1.165, 1.54) is 22.9 Å². The highest BCUT2D eigenvalue weighted by molar-refractivity contribution is 6.05. The number of aryl methyl sites for hydroxylation is 1. The normalized spacial score (nSPS) is 11.8. The standard InChI is InChI=1S/C13H11F4NO3/c14-5-2-6-18-7-9(12(19)20)8-3-1-4-10(11(8)18)21-13(15,16)17/h1,3-4,7H,2,5-6H2,(H,19,20). The fraction of sp³-hybridized carbons (Fsp3) is 0.308. The number of hydrogen-bond donors (Lipinski definition) is 1. The summed E-state index contributed by atoms with van der Waals surface area (Å²) in [6.07, 6.45) is -3.65. The molecule has 1 aromatic heterocycles. The number of nitrogens with zero attached hydrogens (tertiary/aromatic N) is 1. The monoisotopic (exact) mass is 305 g/mol. The number of benzene rings is 1. The Bertz CT molecular complexity index is 663. The van der Waals surface area contributed by atoms with Crippen LogP contribution in [0.1, 0.15) is 16.8 Å². The van der Waals surface area contributed by atoms with E-state index in [0.29, 0.717) is 0 Å². The van der Waals surface area contributed by atoms with Crippen molar-refractivity contribution in [2.24, 2.45) is 0 Å². The first kappa shape index (κ1) is 15.1. The zero-order chi connectivity index (χ0) is 15.6. The molecule has 1 aromatic carbocycles. The fourth-order valence-corrected chi connectivity index (χ4v) is 2.11. The van der Waals surface area contributed by atoms with Crippen molar-refractivity contribution in [3.05, 3.63) is 30.0 Å². The number of aromatic carboxylic acids is 1. The average Bonchev–Trinajstić information content (AvgIpc) is 2.74. The summed E-state index contributed by atoms with van der Waals surface area (Å²) >= 11 is 0. The minimum atomic E-state index is -4.90. The van der Waals surface area contributed by atoms with Crippen molar-refractivity contribution in [1.82, 2.24) is 4.57 Å². The molecule has 0 unspecified atom stereocenters. The fourth-order valence-electron chi connectivity index (χ4n) is 2.11. The lowest BCUT2D eigenvalue weighted by Gasteiger charge is -2.12. The third-order valence-corrected chi connectivity index (χ3v) is 2.85. The lowest BCUT2D eigenvalue weighted by Crippen LogP contribution is -2.17. The van der Waals surface area contributed by atoms with Crippen LogP contribution in [0.4, 0.5) is 17.6 Å². The summed E-state index contributed by atoms with van der Waals surface area (Å²) in [6, 6.07) is 3.75. The molecule has 4 nitrogen and oxygen atoms in total. The first-order valence-corrected chi connectivity index (χ1v) is 6.00. The number of alkyl halides is 4. The Hall–Kier alpha value is -2.25. The van der Waals surface area contributed by atoms with E-state index in [9.17, 15) is 22.4 Å². The number of fused-ring (bicyclic) bond motifs is 1. The molecule has 0 spiro atoms. The second-order valence-electron chi connectivity index (χ2n) is 4.28. The number of carboxylic acids is 1. The van der Waals surface area contributed by atoms with Crippen LogP contribution in [0.3, 0.4) is 0 Å². The van der Waals surface area contributed by atoms with E-state index in [0.717, 1.165) is 6.07 Å². The van der Waals surface area contributed by atoms with Crippen molar-refractivity contribution in [1.29, 1.82) is 0 Å². The Kier molecular flexibility index (Phi) is 4.06. The molecular weight excluding hydrogens is 294 g/mol. The van der Waals surface area contributed by atoms with Crippen LogP contribution < -0.4 is 4.74 Å². The Morgan fingerprint density at radius 3 is 2.62 bits per heavy atom. The summed E-state index contributed by atoms with van der Waals surface area (Å²) in [7, 11) is 0. The molecule has 2 aromatic rings. The maximum atomic E-state index is 12.4. The van der Waals surface area contributed by atoms with Gasteiger partial charge in [0, 0.05) is 18.1 Å². The molecule has 0 atom stereocenters. The first-order valence-electron chi connectivity index (χ1n) is 6.00. The zero-order valence-corrected chi connectivity index (χ0v) is 10.7. The van der Waals surface area contributed by atoms with Crippen LogP contribution in [0.5, 0.6) is 5.75 Å². The number of ether oxygens (including phenoxy) is 1. The Morgan fingerprint density at radius 1 is 1.33 bits per heavy atom. The second-order valence-corrected chi connectivity index (χ2v) is 4.28. The maximum Gasteiger partial charge on any atom is 0.573 e. The van der Waals surface area contributed by atoms with Gasteiger partial charge in [-0.2, -0.15) is 0 Å². The van der Waals surface area contributed by atoms with Gasteiger partial charge in [-0.1, -0.05) is 12.1 Å². The molecule has 1 heterocycles. The number of rotatable bonds is 5. The highest BCUT2D eigenvalue weighted by Crippen LogP contribution is 2.33. The summed E-state index contributed by atoms with van der Waals surface area (Å²) in [5.41, 5.74) is -0.169. The minimum Gasteiger partial charge on any atom is -0.478 e. The van der Waals surface area contributed by atoms with Gasteiger partial charge in [-0.15, -0.1) is 13.2 Å². The lowest BCUT2D eigenvalue weighted by atomic mass is 10.1. The van der Waals surface area contributed by atoms with Crippen molar-refractivity contribution < 1.29 is 32.2 Å². The lowest BCUT2D eigenvalue weighted by molar-refractivity contribution is -0.274. The van der Waals surface area contributed by atoms with E-state index in [4.69, 9.17) is 5.11 Å². The van der Waals surface area contributed by atoms with Crippen LogP contribution in [0.2, 0.25) is 0 Å². The molecule has 1 N–H and O–H groups in total. The third-order valence-electron chi connectivity index (χ3n) is 2.85. The number of carbonyl (C=O) groups is 1. The average molecular weight is 305 g/mol. The smallest absolute Gasteiger partial charge is 0.478 e. The van der Waals surface area contributed by atoms with Crippen molar-refractivity contribution in [3.8, 4) is 5.75 Å². The van der Waals surface area contributed by atoms with Crippen LogP contribution in [-0.2, 0) is 6.54 Å². The molecule has 0 aliphatic carbocycles. The van der Waals surface area contributed by atoms with Crippen molar-refractivity contribution in [3.63, 3.8) is 0 Å². The predicted octanol–water partition coefficient (Wildman–Crippen LogP) is 3.60. The number of carboxylic acid groups (broad SMARTS) is 1. The topological polar surface area (TPSA) is 51.5 Å². The van der Waals surface area contributed by atoms with Gasteiger partial charge >= 0.3 is 12.3 Å². The summed E-state index contributed by atoms with van der Waals surface area (Å²) in [5.74, 6) is -1.78. The molecule has 114 valence electrons. The number of hydrogen-bond acceptors (Lipinski definition) is 2. The quantitative estimate of drug-likeness (QED) is 0.859. The molecule has 0 fully saturated rings. The van der Waals surface area contributed by atoms with Gasteiger partial charge in [0.25, 0.3) is 0 Å². The predicted molar refractivity (Wildman–Crippen MR) is 66.2 cm³/mol. The molecule has 21 heavy (non-hydrogen) atoms. The van der Waals surface area contributed by atoms with Gasteiger partial charge in [0.1, 0.15) is 0 Å². The molecule has 8 heteroatoms. The Morgan fingerprint density at radius 2 is 2.05 bits per heavy atom. The molecule has 2 rings (SSSR count). The largest absolute Gasteiger partial charge is 0.573 e. The summed E-state index contributed by atoms with van der Waals surface area (Å²) in [6.45, 7) is -0.608. The summed E-state index contributed by atoms with van der Waals surface area (Å²) < 4.78 is 54.7. The summed E-state index contributed by atoms with van der Waals surface area (Å²) in [4.78, 5) is 11.1. The molecule has 0 saturated heterocycles. The number of halogens is 4. The second kappa shape index (κ2) is 5.63. The van der Waals surface area contributed by atoms with E-state index in [1.54, 1.807) is 0 Å². The van der Waals surface area contributed by atoms with Gasteiger partial charge in [-0.25, -0.2) is 4.79 Å². The highest BCUT2D eigenvalue weighted by atomic mass is 19.4. The molecule has 0 bridgehead atoms. The van der Waals surface area contributed by atoms with Gasteiger partial charge in [-0.3, -0.25) is 4.39 Å². The van der Waals surface area contributed by atoms with Crippen molar-refractivity contribution >= 4 is 16.9 Å². The van der Waals surface area contributed by atoms with Crippen LogP contribution in [0.25, 0.3) is 10.9 Å². The molecule has 0 amide bonds. The molecule has 0 aliphatic rings. The highest BCUT2D eigenvalue weighted by Gasteiger charge is 2.32. The van der Waals surface area contributed by atoms with Crippen molar-refractivity contribution in [2.45, 2.75) is 19.3 Å². The zero-order valence-electron chi connectivity index (χ0n) is 10.7. The van der Waals surface area contributed by atoms with Gasteiger partial charge in [0.2, 0.25) is 0 Å². The first-order chi connectivity index (χ1) is 9.83. The number of para-hydroxylation sites is 1. The third kappa shape index (κ3) is 3.26. The Labute approximate surface area is 116 Å². The molecular formula is C13H11F4NO3. The van der Waals surface area contributed by atoms with E-state index in [2.05, 4.69) is 4.74 Å². The number of aromatic nitrogens is 1. The van der Waals surface area contributed by atoms with Crippen LogP contribution >= 0.6 is 0 Å². The van der Waals surface area contributed by atoms with Crippen molar-refractivity contribution in [2.75, 3.05) is 6.67 Å². The van der Waals surface area contributed by atoms with Crippen LogP contribution in [-0.4, -0.2) is 28.7 Å². The molecule has 0 aliphatic heterocycles. The minimum absolute atomic E-state index is 0.0133. The molecule has 0 radical (unpaired) electrons. The van der Waals surface area contributed by atoms with E-state index >= 15 is 0 Å². The van der Waals surface area contributed by atoms with Gasteiger partial charge in [-0.05, 0) is 12.5 Å². The van der Waals surface area contributed by atoms with E-state index < -0.39 is 24.8 Å². The van der Waals surface area contributed by atoms with Crippen LogP contribution in [0.15, 0.2) is 24.4 Å². The van der Waals surface area contributed by atoms with Gasteiger partial charge in [0.15, 0.2) is 5.75 Å². The van der Waals surface area contributed by atoms with Gasteiger partial charge in [0.05, 0.1) is 17.8 Å².